The lowest BCUT2D eigenvalue weighted by molar-refractivity contribution is 0.390. The maximum Gasteiger partial charge on any atom is 0.228 e. The van der Waals surface area contributed by atoms with Crippen molar-refractivity contribution in [3.8, 4) is 0 Å². The van der Waals surface area contributed by atoms with E-state index in [2.05, 4.69) is 24.1 Å². The van der Waals surface area contributed by atoms with E-state index < -0.39 is 9.84 Å². The lowest BCUT2D eigenvalue weighted by atomic mass is 10.2. The average molecular weight is 471 g/mol. The molecule has 0 aliphatic rings. The fourth-order valence-electron chi connectivity index (χ4n) is 3.10. The number of hydrogen-bond donors (Lipinski definition) is 1. The zero-order valence-corrected chi connectivity index (χ0v) is 20.6. The Bertz CT molecular complexity index is 971. The first-order valence-corrected chi connectivity index (χ1v) is 12.5. The van der Waals surface area contributed by atoms with Gasteiger partial charge in [-0.25, -0.2) is 13.4 Å². The number of halogens is 1. The standard InChI is InChI=1S/C21H31ClN4O2S2/c1-6-25(20(29)24-16(4)5)13-19-11-23-21(26(19)12-15(2)3)30(27,28)14-17-8-7-9-18(22)10-17/h7-11,15-16H,6,12-14H2,1-5H3,(H,24,29). The smallest absolute Gasteiger partial charge is 0.228 e. The van der Waals surface area contributed by atoms with Gasteiger partial charge in [0.2, 0.25) is 15.0 Å². The van der Waals surface area contributed by atoms with Crippen LogP contribution in [0.1, 0.15) is 45.9 Å². The van der Waals surface area contributed by atoms with Gasteiger partial charge in [-0.3, -0.25) is 0 Å². The van der Waals surface area contributed by atoms with Crippen LogP contribution in [0.5, 0.6) is 0 Å². The molecule has 1 heterocycles. The summed E-state index contributed by atoms with van der Waals surface area (Å²) in [7, 11) is -3.64. The zero-order chi connectivity index (χ0) is 22.5. The maximum atomic E-state index is 13.2. The lowest BCUT2D eigenvalue weighted by Crippen LogP contribution is -2.42. The van der Waals surface area contributed by atoms with Crippen molar-refractivity contribution in [1.82, 2.24) is 19.8 Å². The molecule has 0 atom stereocenters. The van der Waals surface area contributed by atoms with E-state index in [1.54, 1.807) is 30.5 Å². The molecule has 0 fully saturated rings. The molecule has 0 unspecified atom stereocenters. The molecule has 2 aromatic rings. The van der Waals surface area contributed by atoms with Crippen molar-refractivity contribution in [2.45, 2.75) is 64.7 Å². The molecule has 1 aromatic carbocycles. The zero-order valence-electron chi connectivity index (χ0n) is 18.2. The van der Waals surface area contributed by atoms with Crippen molar-refractivity contribution >= 4 is 38.8 Å². The Morgan fingerprint density at radius 2 is 2.00 bits per heavy atom. The molecule has 0 bridgehead atoms. The molecule has 0 saturated carbocycles. The minimum Gasteiger partial charge on any atom is -0.360 e. The minimum atomic E-state index is -3.64. The van der Waals surface area contributed by atoms with E-state index in [-0.39, 0.29) is 22.9 Å². The Labute approximate surface area is 190 Å². The number of aromatic nitrogens is 2. The number of nitrogens with one attached hydrogen (secondary N) is 1. The predicted octanol–water partition coefficient (Wildman–Crippen LogP) is 4.27. The second-order valence-electron chi connectivity index (χ2n) is 8.04. The Hall–Kier alpha value is -1.64. The van der Waals surface area contributed by atoms with Gasteiger partial charge >= 0.3 is 0 Å². The topological polar surface area (TPSA) is 67.2 Å². The summed E-state index contributed by atoms with van der Waals surface area (Å²) in [6.45, 7) is 11.9. The van der Waals surface area contributed by atoms with Gasteiger partial charge in [-0.2, -0.15) is 0 Å². The van der Waals surface area contributed by atoms with Gasteiger partial charge in [-0.1, -0.05) is 37.6 Å². The van der Waals surface area contributed by atoms with Crippen LogP contribution in [0.4, 0.5) is 0 Å². The summed E-state index contributed by atoms with van der Waals surface area (Å²) in [6, 6.07) is 7.13. The summed E-state index contributed by atoms with van der Waals surface area (Å²) in [5, 5.41) is 4.49. The van der Waals surface area contributed by atoms with Crippen LogP contribution in [-0.4, -0.2) is 40.6 Å². The van der Waals surface area contributed by atoms with Gasteiger partial charge in [0.1, 0.15) is 0 Å². The highest BCUT2D eigenvalue weighted by atomic mass is 35.5. The molecule has 0 amide bonds. The van der Waals surface area contributed by atoms with E-state index >= 15 is 0 Å². The van der Waals surface area contributed by atoms with E-state index in [1.807, 2.05) is 30.2 Å². The van der Waals surface area contributed by atoms with Crippen molar-refractivity contribution in [3.05, 3.63) is 46.7 Å². The van der Waals surface area contributed by atoms with Crippen molar-refractivity contribution in [3.63, 3.8) is 0 Å². The second kappa shape index (κ2) is 10.6. The van der Waals surface area contributed by atoms with Crippen molar-refractivity contribution in [2.75, 3.05) is 6.54 Å². The lowest BCUT2D eigenvalue weighted by Gasteiger charge is -2.26. The van der Waals surface area contributed by atoms with Crippen LogP contribution in [-0.2, 0) is 28.7 Å². The Morgan fingerprint density at radius 3 is 2.57 bits per heavy atom. The quantitative estimate of drug-likeness (QED) is 0.552. The van der Waals surface area contributed by atoms with E-state index in [4.69, 9.17) is 23.8 Å². The summed E-state index contributed by atoms with van der Waals surface area (Å²) < 4.78 is 28.2. The highest BCUT2D eigenvalue weighted by Gasteiger charge is 2.25. The Balaban J connectivity index is 2.37. The van der Waals surface area contributed by atoms with Crippen LogP contribution in [0.25, 0.3) is 0 Å². The van der Waals surface area contributed by atoms with Gasteiger partial charge in [0, 0.05) is 24.2 Å². The third-order valence-electron chi connectivity index (χ3n) is 4.41. The molecular formula is C21H31ClN4O2S2. The maximum absolute atomic E-state index is 13.2. The van der Waals surface area contributed by atoms with Crippen LogP contribution >= 0.6 is 23.8 Å². The van der Waals surface area contributed by atoms with Gasteiger partial charge in [0.15, 0.2) is 5.11 Å². The van der Waals surface area contributed by atoms with E-state index in [1.165, 1.54) is 0 Å². The molecule has 0 spiro atoms. The minimum absolute atomic E-state index is 0.0879. The SMILES string of the molecule is CCN(Cc1cnc(S(=O)(=O)Cc2cccc(Cl)c2)n1CC(C)C)C(=S)NC(C)C. The van der Waals surface area contributed by atoms with Crippen molar-refractivity contribution in [2.24, 2.45) is 5.92 Å². The molecule has 0 aliphatic heterocycles. The molecular weight excluding hydrogens is 440 g/mol. The molecule has 0 radical (unpaired) electrons. The summed E-state index contributed by atoms with van der Waals surface area (Å²) in [5.41, 5.74) is 1.46. The van der Waals surface area contributed by atoms with Crippen LogP contribution < -0.4 is 5.32 Å². The van der Waals surface area contributed by atoms with E-state index in [0.29, 0.717) is 35.3 Å². The third kappa shape index (κ3) is 6.68. The molecule has 0 aliphatic carbocycles. The predicted molar refractivity (Wildman–Crippen MR) is 126 cm³/mol. The van der Waals surface area contributed by atoms with E-state index in [9.17, 15) is 8.42 Å². The van der Waals surface area contributed by atoms with Crippen LogP contribution in [0.3, 0.4) is 0 Å². The van der Waals surface area contributed by atoms with Crippen LogP contribution in [0.2, 0.25) is 5.02 Å². The summed E-state index contributed by atoms with van der Waals surface area (Å²) in [4.78, 5) is 6.33. The highest BCUT2D eigenvalue weighted by molar-refractivity contribution is 7.90. The largest absolute Gasteiger partial charge is 0.360 e. The van der Waals surface area contributed by atoms with Gasteiger partial charge in [0.25, 0.3) is 0 Å². The second-order valence-corrected chi connectivity index (χ2v) is 10.8. The molecule has 9 heteroatoms. The fraction of sp³-hybridized carbons (Fsp3) is 0.524. The first-order chi connectivity index (χ1) is 14.0. The van der Waals surface area contributed by atoms with Crippen LogP contribution in [0.15, 0.2) is 35.6 Å². The monoisotopic (exact) mass is 470 g/mol. The molecule has 6 nitrogen and oxygen atoms in total. The van der Waals surface area contributed by atoms with Crippen molar-refractivity contribution < 1.29 is 8.42 Å². The normalized spacial score (nSPS) is 11.9. The summed E-state index contributed by atoms with van der Waals surface area (Å²) in [5.74, 6) is 0.112. The number of hydrogen-bond acceptors (Lipinski definition) is 4. The number of imidazole rings is 1. The Morgan fingerprint density at radius 1 is 1.30 bits per heavy atom. The molecule has 166 valence electrons. The number of nitrogens with zero attached hydrogens (tertiary/aromatic N) is 3. The highest BCUT2D eigenvalue weighted by Crippen LogP contribution is 2.21. The first kappa shape index (κ1) is 24.6. The molecule has 1 aromatic heterocycles. The molecule has 1 N–H and O–H groups in total. The number of thiocarbonyl (C=S) groups is 1. The van der Waals surface area contributed by atoms with Gasteiger partial charge in [-0.15, -0.1) is 0 Å². The van der Waals surface area contributed by atoms with Gasteiger partial charge in [-0.05, 0) is 56.6 Å². The van der Waals surface area contributed by atoms with Gasteiger partial charge < -0.3 is 14.8 Å². The van der Waals surface area contributed by atoms with Gasteiger partial charge in [0.05, 0.1) is 24.2 Å². The Kier molecular flexibility index (Phi) is 8.70. The number of benzene rings is 1. The average Bonchev–Trinajstić information content (AvgIpc) is 3.01. The third-order valence-corrected chi connectivity index (χ3v) is 6.61. The molecule has 2 rings (SSSR count). The van der Waals surface area contributed by atoms with Crippen LogP contribution in [0, 0.1) is 5.92 Å². The van der Waals surface area contributed by atoms with Crippen molar-refractivity contribution in [1.29, 1.82) is 0 Å². The van der Waals surface area contributed by atoms with E-state index in [0.717, 1.165) is 5.69 Å². The number of rotatable bonds is 9. The summed E-state index contributed by atoms with van der Waals surface area (Å²) >= 11 is 11.5. The number of sulfone groups is 1. The molecule has 0 saturated heterocycles. The fourth-order valence-corrected chi connectivity index (χ4v) is 5.23. The summed E-state index contributed by atoms with van der Waals surface area (Å²) in [6.07, 6.45) is 1.65. The first-order valence-electron chi connectivity index (χ1n) is 10.1. The molecule has 30 heavy (non-hydrogen) atoms.